The second-order valence-electron chi connectivity index (χ2n) is 3.82. The Morgan fingerprint density at radius 2 is 1.73 bits per heavy atom. The molecule has 0 amide bonds. The minimum atomic E-state index is -1.40. The summed E-state index contributed by atoms with van der Waals surface area (Å²) in [7, 11) is -1.40. The molecule has 0 aliphatic carbocycles. The minimum Gasteiger partial charge on any atom is -0.548 e. The average Bonchev–Trinajstić information content (AvgIpc) is 1.53. The molecule has 0 N–H and O–H groups in total. The van der Waals surface area contributed by atoms with Gasteiger partial charge >= 0.3 is 0 Å². The Labute approximate surface area is 70.9 Å². The SMILES string of the molecule is C=C(C)C=C(C)O[Si](C)(C)C. The lowest BCUT2D eigenvalue weighted by Gasteiger charge is -2.19. The van der Waals surface area contributed by atoms with Crippen molar-refractivity contribution in [2.45, 2.75) is 33.5 Å². The van der Waals surface area contributed by atoms with Gasteiger partial charge in [0.05, 0.1) is 5.76 Å². The topological polar surface area (TPSA) is 9.23 Å². The Bertz CT molecular complexity index is 174. The first-order valence-corrected chi connectivity index (χ1v) is 7.25. The van der Waals surface area contributed by atoms with Crippen molar-refractivity contribution in [2.24, 2.45) is 0 Å². The largest absolute Gasteiger partial charge is 0.548 e. The smallest absolute Gasteiger partial charge is 0.241 e. The van der Waals surface area contributed by atoms with Crippen LogP contribution in [-0.2, 0) is 4.43 Å². The first-order valence-electron chi connectivity index (χ1n) is 3.84. The van der Waals surface area contributed by atoms with E-state index in [4.69, 9.17) is 4.43 Å². The van der Waals surface area contributed by atoms with Crippen molar-refractivity contribution >= 4 is 8.32 Å². The van der Waals surface area contributed by atoms with E-state index in [9.17, 15) is 0 Å². The van der Waals surface area contributed by atoms with Crippen LogP contribution >= 0.6 is 0 Å². The van der Waals surface area contributed by atoms with Gasteiger partial charge in [0.1, 0.15) is 0 Å². The van der Waals surface area contributed by atoms with Gasteiger partial charge in [0.2, 0.25) is 8.32 Å². The highest BCUT2D eigenvalue weighted by atomic mass is 28.4. The molecule has 0 unspecified atom stereocenters. The zero-order chi connectivity index (χ0) is 9.07. The van der Waals surface area contributed by atoms with Crippen LogP contribution < -0.4 is 0 Å². The maximum Gasteiger partial charge on any atom is 0.241 e. The molecule has 0 aromatic carbocycles. The van der Waals surface area contributed by atoms with Crippen LogP contribution in [0.1, 0.15) is 13.8 Å². The second-order valence-corrected chi connectivity index (χ2v) is 8.24. The van der Waals surface area contributed by atoms with Crippen LogP contribution in [0.2, 0.25) is 19.6 Å². The van der Waals surface area contributed by atoms with Crippen LogP contribution in [0.15, 0.2) is 24.0 Å². The van der Waals surface area contributed by atoms with Crippen molar-refractivity contribution in [3.05, 3.63) is 24.0 Å². The Kier molecular flexibility index (Phi) is 3.59. The molecule has 1 nitrogen and oxygen atoms in total. The highest BCUT2D eigenvalue weighted by Gasteiger charge is 2.15. The van der Waals surface area contributed by atoms with Crippen molar-refractivity contribution in [2.75, 3.05) is 0 Å². The highest BCUT2D eigenvalue weighted by molar-refractivity contribution is 6.70. The minimum absolute atomic E-state index is 0.983. The Morgan fingerprint density at radius 1 is 1.27 bits per heavy atom. The zero-order valence-electron chi connectivity index (χ0n) is 8.19. The molecular formula is C9H18OSi. The van der Waals surface area contributed by atoms with E-state index in [1.54, 1.807) is 0 Å². The van der Waals surface area contributed by atoms with Gasteiger partial charge in [-0.15, -0.1) is 0 Å². The Morgan fingerprint density at radius 3 is 2.00 bits per heavy atom. The third-order valence-electron chi connectivity index (χ3n) is 0.917. The monoisotopic (exact) mass is 170 g/mol. The third kappa shape index (κ3) is 7.39. The summed E-state index contributed by atoms with van der Waals surface area (Å²) in [6, 6.07) is 0. The van der Waals surface area contributed by atoms with Crippen molar-refractivity contribution in [3.63, 3.8) is 0 Å². The van der Waals surface area contributed by atoms with Gasteiger partial charge in [-0.1, -0.05) is 12.2 Å². The fourth-order valence-corrected chi connectivity index (χ4v) is 1.88. The van der Waals surface area contributed by atoms with Gasteiger partial charge in [0.15, 0.2) is 0 Å². The molecule has 0 rings (SSSR count). The van der Waals surface area contributed by atoms with Gasteiger partial charge in [0, 0.05) is 0 Å². The molecule has 0 aromatic rings. The second kappa shape index (κ2) is 3.76. The molecule has 0 saturated heterocycles. The number of hydrogen-bond acceptors (Lipinski definition) is 1. The molecular weight excluding hydrogens is 152 g/mol. The molecule has 0 aliphatic heterocycles. The van der Waals surface area contributed by atoms with Gasteiger partial charge in [-0.2, -0.15) is 0 Å². The van der Waals surface area contributed by atoms with Crippen molar-refractivity contribution in [3.8, 4) is 0 Å². The van der Waals surface area contributed by atoms with Gasteiger partial charge < -0.3 is 4.43 Å². The lowest BCUT2D eigenvalue weighted by molar-refractivity contribution is 0.424. The van der Waals surface area contributed by atoms with E-state index in [-0.39, 0.29) is 0 Å². The number of allylic oxidation sites excluding steroid dienone is 3. The van der Waals surface area contributed by atoms with Gasteiger partial charge in [-0.25, -0.2) is 0 Å². The number of hydrogen-bond donors (Lipinski definition) is 0. The van der Waals surface area contributed by atoms with E-state index in [1.165, 1.54) is 0 Å². The quantitative estimate of drug-likeness (QED) is 0.359. The van der Waals surface area contributed by atoms with E-state index in [0.717, 1.165) is 11.3 Å². The summed E-state index contributed by atoms with van der Waals surface area (Å²) < 4.78 is 5.69. The predicted molar refractivity (Wildman–Crippen MR) is 53.0 cm³/mol. The summed E-state index contributed by atoms with van der Waals surface area (Å²) in [5.41, 5.74) is 1.04. The van der Waals surface area contributed by atoms with E-state index < -0.39 is 8.32 Å². The van der Waals surface area contributed by atoms with Gasteiger partial charge in [-0.05, 0) is 39.6 Å². The summed E-state index contributed by atoms with van der Waals surface area (Å²) in [6.45, 7) is 14.2. The third-order valence-corrected chi connectivity index (χ3v) is 1.85. The van der Waals surface area contributed by atoms with Crippen LogP contribution in [0, 0.1) is 0 Å². The first kappa shape index (κ1) is 10.5. The summed E-state index contributed by atoms with van der Waals surface area (Å²) in [5, 5.41) is 0. The van der Waals surface area contributed by atoms with Gasteiger partial charge in [-0.3, -0.25) is 0 Å². The summed E-state index contributed by atoms with van der Waals surface area (Å²) in [4.78, 5) is 0. The van der Waals surface area contributed by atoms with Gasteiger partial charge in [0.25, 0.3) is 0 Å². The molecule has 0 radical (unpaired) electrons. The normalized spacial score (nSPS) is 13.0. The Balaban J connectivity index is 4.07. The predicted octanol–water partition coefficient (Wildman–Crippen LogP) is 3.32. The summed E-state index contributed by atoms with van der Waals surface area (Å²) >= 11 is 0. The summed E-state index contributed by atoms with van der Waals surface area (Å²) in [6.07, 6.45) is 1.97. The van der Waals surface area contributed by atoms with Crippen LogP contribution in [0.25, 0.3) is 0 Å². The van der Waals surface area contributed by atoms with Crippen molar-refractivity contribution in [1.82, 2.24) is 0 Å². The molecule has 0 bridgehead atoms. The Hall–Kier alpha value is -0.503. The van der Waals surface area contributed by atoms with E-state index >= 15 is 0 Å². The fourth-order valence-electron chi connectivity index (χ4n) is 0.859. The molecule has 0 atom stereocenters. The van der Waals surface area contributed by atoms with Crippen LogP contribution in [-0.4, -0.2) is 8.32 Å². The van der Waals surface area contributed by atoms with Crippen LogP contribution in [0.4, 0.5) is 0 Å². The van der Waals surface area contributed by atoms with E-state index in [0.29, 0.717) is 0 Å². The van der Waals surface area contributed by atoms with E-state index in [2.05, 4.69) is 26.2 Å². The van der Waals surface area contributed by atoms with Crippen LogP contribution in [0.3, 0.4) is 0 Å². The maximum absolute atomic E-state index is 5.69. The summed E-state index contributed by atoms with van der Waals surface area (Å²) in [5.74, 6) is 0.983. The standard InChI is InChI=1S/C9H18OSi/c1-8(2)7-9(3)10-11(4,5)6/h7H,1H2,2-6H3. The molecule has 0 fully saturated rings. The highest BCUT2D eigenvalue weighted by Crippen LogP contribution is 2.10. The first-order chi connectivity index (χ1) is 4.81. The molecule has 0 spiro atoms. The molecule has 0 aliphatic rings. The van der Waals surface area contributed by atoms with E-state index in [1.807, 2.05) is 19.9 Å². The van der Waals surface area contributed by atoms with Crippen molar-refractivity contribution < 1.29 is 4.43 Å². The molecule has 0 heterocycles. The molecule has 0 aromatic heterocycles. The lowest BCUT2D eigenvalue weighted by atomic mass is 10.3. The fraction of sp³-hybridized carbons (Fsp3) is 0.556. The number of rotatable bonds is 3. The lowest BCUT2D eigenvalue weighted by Crippen LogP contribution is -2.24. The van der Waals surface area contributed by atoms with Crippen LogP contribution in [0.5, 0.6) is 0 Å². The molecule has 0 saturated carbocycles. The molecule has 11 heavy (non-hydrogen) atoms. The molecule has 2 heteroatoms. The zero-order valence-corrected chi connectivity index (χ0v) is 9.19. The average molecular weight is 170 g/mol. The molecule has 64 valence electrons. The van der Waals surface area contributed by atoms with Crippen molar-refractivity contribution in [1.29, 1.82) is 0 Å². The maximum atomic E-state index is 5.69.